The minimum absolute atomic E-state index is 0.309. The number of methoxy groups -OCH3 is 2. The van der Waals surface area contributed by atoms with Crippen LogP contribution in [-0.2, 0) is 7.05 Å². The molecule has 1 atom stereocenters. The van der Waals surface area contributed by atoms with Gasteiger partial charge in [0.25, 0.3) is 5.91 Å². The van der Waals surface area contributed by atoms with Crippen LogP contribution >= 0.6 is 22.9 Å². The average Bonchev–Trinajstić information content (AvgIpc) is 3.47. The lowest BCUT2D eigenvalue weighted by atomic mass is 10.0. The number of nitrogens with zero attached hydrogens (tertiary/aromatic N) is 3. The van der Waals surface area contributed by atoms with Gasteiger partial charge >= 0.3 is 0 Å². The number of aryl methyl sites for hydroxylation is 1. The van der Waals surface area contributed by atoms with Crippen LogP contribution in [0.15, 0.2) is 60.2 Å². The summed E-state index contributed by atoms with van der Waals surface area (Å²) in [6.45, 7) is 0. The Hall–Kier alpha value is -3.36. The second kappa shape index (κ2) is 9.42. The molecule has 1 amide bonds. The molecule has 1 N–H and O–H groups in total. The summed E-state index contributed by atoms with van der Waals surface area (Å²) in [7, 11) is 5.04. The first-order valence-corrected chi connectivity index (χ1v) is 11.0. The Morgan fingerprint density at radius 3 is 2.41 bits per heavy atom. The molecular formula is C23H21ClN4O3S. The van der Waals surface area contributed by atoms with Crippen molar-refractivity contribution in [2.45, 2.75) is 6.04 Å². The van der Waals surface area contributed by atoms with E-state index in [0.29, 0.717) is 28.0 Å². The van der Waals surface area contributed by atoms with Gasteiger partial charge in [0.1, 0.15) is 34.1 Å². The summed E-state index contributed by atoms with van der Waals surface area (Å²) in [5.74, 6) is 1.59. The molecule has 0 bridgehead atoms. The van der Waals surface area contributed by atoms with Gasteiger partial charge in [0, 0.05) is 41.5 Å². The molecule has 0 saturated heterocycles. The molecule has 0 radical (unpaired) electrons. The zero-order valence-electron chi connectivity index (χ0n) is 17.7. The van der Waals surface area contributed by atoms with Gasteiger partial charge in [-0.2, -0.15) is 0 Å². The Kier molecular flexibility index (Phi) is 6.43. The SMILES string of the molecule is COc1cc(OC)cc(C(NC(=O)c2csc(-c3ccc(Cl)cc3)n2)c2nccn2C)c1. The zero-order chi connectivity index (χ0) is 22.7. The second-order valence-electron chi connectivity index (χ2n) is 6.99. The van der Waals surface area contributed by atoms with Crippen LogP contribution in [-0.4, -0.2) is 34.7 Å². The molecule has 4 rings (SSSR count). The number of amides is 1. The minimum atomic E-state index is -0.535. The molecule has 9 heteroatoms. The van der Waals surface area contributed by atoms with Crippen molar-refractivity contribution in [1.82, 2.24) is 19.9 Å². The van der Waals surface area contributed by atoms with Gasteiger partial charge in [-0.25, -0.2) is 9.97 Å². The van der Waals surface area contributed by atoms with Crippen LogP contribution < -0.4 is 14.8 Å². The van der Waals surface area contributed by atoms with Gasteiger partial charge in [-0.15, -0.1) is 11.3 Å². The van der Waals surface area contributed by atoms with E-state index in [2.05, 4.69) is 15.3 Å². The molecular weight excluding hydrogens is 448 g/mol. The summed E-state index contributed by atoms with van der Waals surface area (Å²) >= 11 is 7.36. The van der Waals surface area contributed by atoms with Gasteiger partial charge in [0.2, 0.25) is 0 Å². The van der Waals surface area contributed by atoms with Crippen molar-refractivity contribution in [2.75, 3.05) is 14.2 Å². The number of rotatable bonds is 7. The maximum Gasteiger partial charge on any atom is 0.271 e. The minimum Gasteiger partial charge on any atom is -0.497 e. The van der Waals surface area contributed by atoms with Gasteiger partial charge in [0.15, 0.2) is 0 Å². The Bertz CT molecular complexity index is 1210. The quantitative estimate of drug-likeness (QED) is 0.424. The Morgan fingerprint density at radius 2 is 1.81 bits per heavy atom. The number of nitrogens with one attached hydrogen (secondary N) is 1. The highest BCUT2D eigenvalue weighted by Gasteiger charge is 2.24. The van der Waals surface area contributed by atoms with Crippen molar-refractivity contribution in [1.29, 1.82) is 0 Å². The third-order valence-corrected chi connectivity index (χ3v) is 6.07. The van der Waals surface area contributed by atoms with Gasteiger partial charge < -0.3 is 19.4 Å². The van der Waals surface area contributed by atoms with E-state index in [4.69, 9.17) is 21.1 Å². The van der Waals surface area contributed by atoms with Crippen molar-refractivity contribution in [3.05, 3.63) is 82.3 Å². The number of benzene rings is 2. The summed E-state index contributed by atoms with van der Waals surface area (Å²) in [5.41, 5.74) is 2.00. The van der Waals surface area contributed by atoms with Gasteiger partial charge in [-0.1, -0.05) is 23.7 Å². The van der Waals surface area contributed by atoms with Crippen molar-refractivity contribution in [3.8, 4) is 22.1 Å². The Labute approximate surface area is 194 Å². The fraction of sp³-hybridized carbons (Fsp3) is 0.174. The van der Waals surface area contributed by atoms with Crippen LogP contribution in [0.2, 0.25) is 5.02 Å². The molecule has 0 aliphatic rings. The molecule has 164 valence electrons. The third-order valence-electron chi connectivity index (χ3n) is 4.93. The highest BCUT2D eigenvalue weighted by Crippen LogP contribution is 2.30. The van der Waals surface area contributed by atoms with Crippen LogP contribution in [0.3, 0.4) is 0 Å². The highest BCUT2D eigenvalue weighted by atomic mass is 35.5. The van der Waals surface area contributed by atoms with Crippen molar-refractivity contribution in [3.63, 3.8) is 0 Å². The molecule has 32 heavy (non-hydrogen) atoms. The number of carbonyl (C=O) groups excluding carboxylic acids is 1. The first kappa shape index (κ1) is 21.9. The van der Waals surface area contributed by atoms with Crippen molar-refractivity contribution in [2.24, 2.45) is 7.05 Å². The highest BCUT2D eigenvalue weighted by molar-refractivity contribution is 7.13. The molecule has 0 saturated carbocycles. The topological polar surface area (TPSA) is 78.3 Å². The smallest absolute Gasteiger partial charge is 0.271 e. The molecule has 4 aromatic rings. The lowest BCUT2D eigenvalue weighted by Gasteiger charge is -2.20. The second-order valence-corrected chi connectivity index (χ2v) is 8.29. The number of carbonyl (C=O) groups is 1. The summed E-state index contributed by atoms with van der Waals surface area (Å²) in [6.07, 6.45) is 3.51. The van der Waals surface area contributed by atoms with Crippen LogP contribution in [0, 0.1) is 0 Å². The van der Waals surface area contributed by atoms with E-state index in [0.717, 1.165) is 16.1 Å². The number of hydrogen-bond donors (Lipinski definition) is 1. The lowest BCUT2D eigenvalue weighted by molar-refractivity contribution is 0.0936. The fourth-order valence-corrected chi connectivity index (χ4v) is 4.19. The number of imidazole rings is 1. The summed E-state index contributed by atoms with van der Waals surface area (Å²) in [4.78, 5) is 22.1. The fourth-order valence-electron chi connectivity index (χ4n) is 3.26. The van der Waals surface area contributed by atoms with Crippen LogP contribution in [0.5, 0.6) is 11.5 Å². The van der Waals surface area contributed by atoms with Gasteiger partial charge in [0.05, 0.1) is 14.2 Å². The third kappa shape index (κ3) is 4.61. The van der Waals surface area contributed by atoms with E-state index in [1.807, 2.05) is 42.1 Å². The number of halogens is 1. The molecule has 2 heterocycles. The molecule has 0 aliphatic carbocycles. The Morgan fingerprint density at radius 1 is 1.12 bits per heavy atom. The molecule has 0 fully saturated rings. The molecule has 2 aromatic carbocycles. The van der Waals surface area contributed by atoms with E-state index < -0.39 is 6.04 Å². The summed E-state index contributed by atoms with van der Waals surface area (Å²) < 4.78 is 12.7. The predicted octanol–water partition coefficient (Wildman–Crippen LogP) is 4.73. The largest absolute Gasteiger partial charge is 0.497 e. The number of hydrogen-bond acceptors (Lipinski definition) is 6. The maximum atomic E-state index is 13.2. The van der Waals surface area contributed by atoms with Crippen LogP contribution in [0.25, 0.3) is 10.6 Å². The Balaban J connectivity index is 1.66. The lowest BCUT2D eigenvalue weighted by Crippen LogP contribution is -2.31. The maximum absolute atomic E-state index is 13.2. The van der Waals surface area contributed by atoms with E-state index in [-0.39, 0.29) is 5.91 Å². The van der Waals surface area contributed by atoms with Gasteiger partial charge in [-0.3, -0.25) is 4.79 Å². The number of thiazole rings is 1. The molecule has 2 aromatic heterocycles. The average molecular weight is 469 g/mol. The van der Waals surface area contributed by atoms with Crippen molar-refractivity contribution >= 4 is 28.8 Å². The van der Waals surface area contributed by atoms with E-state index >= 15 is 0 Å². The molecule has 0 spiro atoms. The molecule has 0 aliphatic heterocycles. The number of ether oxygens (including phenoxy) is 2. The standard InChI is InChI=1S/C23H21ClN4O3S/c1-28-9-8-25-21(28)20(15-10-17(30-2)12-18(11-15)31-3)27-22(29)19-13-32-23(26-19)14-4-6-16(24)7-5-14/h4-13,20H,1-3H3,(H,27,29). The van der Waals surface area contributed by atoms with Crippen LogP contribution in [0.4, 0.5) is 0 Å². The van der Waals surface area contributed by atoms with Gasteiger partial charge in [-0.05, 0) is 29.8 Å². The van der Waals surface area contributed by atoms with Crippen LogP contribution in [0.1, 0.15) is 27.9 Å². The van der Waals surface area contributed by atoms with E-state index in [1.165, 1.54) is 11.3 Å². The monoisotopic (exact) mass is 468 g/mol. The molecule has 1 unspecified atom stereocenters. The normalized spacial score (nSPS) is 11.8. The van der Waals surface area contributed by atoms with E-state index in [9.17, 15) is 4.79 Å². The summed E-state index contributed by atoms with van der Waals surface area (Å²) in [5, 5.41) is 6.18. The zero-order valence-corrected chi connectivity index (χ0v) is 19.3. The van der Waals surface area contributed by atoms with Crippen molar-refractivity contribution < 1.29 is 14.3 Å². The van der Waals surface area contributed by atoms with E-state index in [1.54, 1.807) is 44.0 Å². The summed E-state index contributed by atoms with van der Waals surface area (Å²) in [6, 6.07) is 12.3. The molecule has 7 nitrogen and oxygen atoms in total. The predicted molar refractivity (Wildman–Crippen MR) is 125 cm³/mol. The first-order chi connectivity index (χ1) is 15.5. The first-order valence-electron chi connectivity index (χ1n) is 9.71. The number of aromatic nitrogens is 3.